The molecule has 1 fully saturated rings. The highest BCUT2D eigenvalue weighted by atomic mass is 16.3. The molecule has 1 aromatic carbocycles. The van der Waals surface area contributed by atoms with Gasteiger partial charge in [-0.2, -0.15) is 4.98 Å². The first-order valence-corrected chi connectivity index (χ1v) is 13.1. The van der Waals surface area contributed by atoms with Crippen LogP contribution in [0.15, 0.2) is 60.8 Å². The molecule has 206 valence electrons. The summed E-state index contributed by atoms with van der Waals surface area (Å²) in [4.78, 5) is 38.7. The summed E-state index contributed by atoms with van der Waals surface area (Å²) in [5.41, 5.74) is 9.31. The van der Waals surface area contributed by atoms with Gasteiger partial charge < -0.3 is 31.3 Å². The van der Waals surface area contributed by atoms with Crippen molar-refractivity contribution < 1.29 is 9.90 Å². The number of aliphatic hydroxyl groups is 1. The van der Waals surface area contributed by atoms with Crippen molar-refractivity contribution in [2.75, 3.05) is 54.4 Å². The van der Waals surface area contributed by atoms with E-state index in [9.17, 15) is 9.90 Å². The maximum absolute atomic E-state index is 11.7. The number of pyridine rings is 1. The van der Waals surface area contributed by atoms with Gasteiger partial charge in [-0.25, -0.2) is 19.9 Å². The van der Waals surface area contributed by atoms with Crippen molar-refractivity contribution in [3.8, 4) is 11.5 Å². The van der Waals surface area contributed by atoms with Crippen molar-refractivity contribution in [1.82, 2.24) is 30.2 Å². The van der Waals surface area contributed by atoms with Crippen LogP contribution in [0.25, 0.3) is 11.5 Å². The number of nitrogens with one attached hydrogen (secondary N) is 2. The van der Waals surface area contributed by atoms with Gasteiger partial charge in [0.15, 0.2) is 5.82 Å². The minimum Gasteiger partial charge on any atom is -0.395 e. The van der Waals surface area contributed by atoms with E-state index in [0.29, 0.717) is 34.8 Å². The Labute approximate surface area is 232 Å². The van der Waals surface area contributed by atoms with Crippen molar-refractivity contribution in [2.45, 2.75) is 13.3 Å². The first-order valence-electron chi connectivity index (χ1n) is 13.1. The smallest absolute Gasteiger partial charge is 0.229 e. The molecular formula is C28H32N10O2. The number of hydrogen-bond donors (Lipinski definition) is 4. The molecule has 1 saturated heterocycles. The van der Waals surface area contributed by atoms with Gasteiger partial charge in [0.25, 0.3) is 0 Å². The number of carbonyl (C=O) groups excluding carboxylic acids is 1. The van der Waals surface area contributed by atoms with Gasteiger partial charge >= 0.3 is 0 Å². The molecule has 40 heavy (non-hydrogen) atoms. The van der Waals surface area contributed by atoms with E-state index < -0.39 is 5.91 Å². The molecule has 0 atom stereocenters. The van der Waals surface area contributed by atoms with Gasteiger partial charge in [0.2, 0.25) is 11.9 Å². The summed E-state index contributed by atoms with van der Waals surface area (Å²) >= 11 is 0. The summed E-state index contributed by atoms with van der Waals surface area (Å²) in [6.45, 7) is 5.82. The van der Waals surface area contributed by atoms with Crippen LogP contribution in [0.4, 0.5) is 29.0 Å². The lowest BCUT2D eigenvalue weighted by Crippen LogP contribution is -2.43. The Balaban J connectivity index is 1.43. The number of rotatable bonds is 10. The van der Waals surface area contributed by atoms with Crippen molar-refractivity contribution >= 4 is 34.9 Å². The topological polar surface area (TPSA) is 158 Å². The summed E-state index contributed by atoms with van der Waals surface area (Å²) in [7, 11) is 0. The Morgan fingerprint density at radius 3 is 2.58 bits per heavy atom. The first-order chi connectivity index (χ1) is 19.5. The lowest BCUT2D eigenvalue weighted by atomic mass is 10.2. The number of amides is 1. The molecule has 5 rings (SSSR count). The molecule has 1 amide bonds. The molecule has 0 unspecified atom stereocenters. The highest BCUT2D eigenvalue weighted by Gasteiger charge is 2.18. The lowest BCUT2D eigenvalue weighted by molar-refractivity contribution is -0.117. The Morgan fingerprint density at radius 2 is 1.85 bits per heavy atom. The van der Waals surface area contributed by atoms with Crippen LogP contribution in [0.1, 0.15) is 11.4 Å². The number of hydrogen-bond acceptors (Lipinski definition) is 11. The predicted octanol–water partition coefficient (Wildman–Crippen LogP) is 1.95. The monoisotopic (exact) mass is 540 g/mol. The van der Waals surface area contributed by atoms with Gasteiger partial charge in [-0.1, -0.05) is 6.07 Å². The van der Waals surface area contributed by atoms with Crippen LogP contribution in [0.3, 0.4) is 0 Å². The quantitative estimate of drug-likeness (QED) is 0.233. The number of nitrogens with zero attached hydrogens (tertiary/aromatic N) is 7. The average molecular weight is 541 g/mol. The molecule has 0 spiro atoms. The third-order valence-corrected chi connectivity index (χ3v) is 6.36. The van der Waals surface area contributed by atoms with Gasteiger partial charge in [-0.15, -0.1) is 0 Å². The number of primary amides is 1. The molecule has 12 heteroatoms. The van der Waals surface area contributed by atoms with E-state index in [4.69, 9.17) is 10.7 Å². The second kappa shape index (κ2) is 12.5. The third-order valence-electron chi connectivity index (χ3n) is 6.36. The zero-order chi connectivity index (χ0) is 27.9. The molecule has 1 aliphatic rings. The van der Waals surface area contributed by atoms with E-state index in [2.05, 4.69) is 47.6 Å². The highest BCUT2D eigenvalue weighted by Crippen LogP contribution is 2.27. The number of piperazine rings is 1. The van der Waals surface area contributed by atoms with E-state index in [1.165, 1.54) is 5.69 Å². The second-order valence-corrected chi connectivity index (χ2v) is 9.37. The summed E-state index contributed by atoms with van der Waals surface area (Å²) in [5, 5.41) is 16.5. The molecule has 4 aromatic rings. The molecule has 3 aromatic heterocycles. The van der Waals surface area contributed by atoms with Gasteiger partial charge in [0.1, 0.15) is 17.3 Å². The van der Waals surface area contributed by atoms with Crippen molar-refractivity contribution in [1.29, 1.82) is 0 Å². The maximum Gasteiger partial charge on any atom is 0.229 e. The zero-order valence-electron chi connectivity index (χ0n) is 22.3. The van der Waals surface area contributed by atoms with E-state index in [-0.39, 0.29) is 19.6 Å². The number of anilines is 5. The minimum absolute atomic E-state index is 0.0676. The van der Waals surface area contributed by atoms with E-state index in [1.54, 1.807) is 29.3 Å². The van der Waals surface area contributed by atoms with Gasteiger partial charge in [-0.05, 0) is 49.4 Å². The third kappa shape index (κ3) is 6.65. The molecule has 5 N–H and O–H groups in total. The fraction of sp³-hybridized carbons (Fsp3) is 0.286. The molecule has 1 aliphatic heterocycles. The number of nitrogens with two attached hydrogens (primary N) is 1. The van der Waals surface area contributed by atoms with Crippen molar-refractivity contribution in [2.24, 2.45) is 5.73 Å². The summed E-state index contributed by atoms with van der Waals surface area (Å²) < 4.78 is 0. The fourth-order valence-electron chi connectivity index (χ4n) is 4.49. The van der Waals surface area contributed by atoms with Crippen molar-refractivity contribution in [3.63, 3.8) is 0 Å². The number of aromatic nitrogens is 5. The standard InChI is InChI=1S/C28H32N10O2/c1-19-3-2-4-23(32-19)27-33-21(17-24(29)40)18-26(35-27)38(15-16-39)25-9-10-31-28(36-25)34-20-5-7-22(8-6-20)37-13-11-30-12-14-37/h2-10,18,30,39H,11-17H2,1H3,(H2,29,40)(H,31,34,36). The Hall–Kier alpha value is -4.68. The largest absolute Gasteiger partial charge is 0.395 e. The van der Waals surface area contributed by atoms with Gasteiger partial charge in [0, 0.05) is 62.1 Å². The maximum atomic E-state index is 11.7. The van der Waals surface area contributed by atoms with Crippen LogP contribution in [0.2, 0.25) is 0 Å². The van der Waals surface area contributed by atoms with Crippen LogP contribution in [0.5, 0.6) is 0 Å². The number of benzene rings is 1. The number of carbonyl (C=O) groups is 1. The molecular weight excluding hydrogens is 508 g/mol. The Morgan fingerprint density at radius 1 is 1.05 bits per heavy atom. The molecule has 12 nitrogen and oxygen atoms in total. The van der Waals surface area contributed by atoms with E-state index in [0.717, 1.165) is 37.6 Å². The van der Waals surface area contributed by atoms with Crippen molar-refractivity contribution in [3.05, 3.63) is 72.2 Å². The van der Waals surface area contributed by atoms with Crippen LogP contribution >= 0.6 is 0 Å². The first kappa shape index (κ1) is 26.9. The van der Waals surface area contributed by atoms with E-state index in [1.807, 2.05) is 31.2 Å². The number of aryl methyl sites for hydroxylation is 1. The van der Waals surface area contributed by atoms with Crippen LogP contribution in [-0.4, -0.2) is 75.3 Å². The SMILES string of the molecule is Cc1cccc(-c2nc(CC(N)=O)cc(N(CCO)c3ccnc(Nc4ccc(N5CCNCC5)cc4)n3)n2)n1. The highest BCUT2D eigenvalue weighted by molar-refractivity contribution is 5.77. The Bertz CT molecular complexity index is 1460. The van der Waals surface area contributed by atoms with Crippen LogP contribution < -0.4 is 26.2 Å². The van der Waals surface area contributed by atoms with Crippen LogP contribution in [0, 0.1) is 6.92 Å². The zero-order valence-corrected chi connectivity index (χ0v) is 22.3. The molecule has 0 aliphatic carbocycles. The van der Waals surface area contributed by atoms with Gasteiger partial charge in [-0.3, -0.25) is 4.79 Å². The average Bonchev–Trinajstić information content (AvgIpc) is 2.96. The molecule has 4 heterocycles. The summed E-state index contributed by atoms with van der Waals surface area (Å²) in [6.07, 6.45) is 1.57. The lowest BCUT2D eigenvalue weighted by Gasteiger charge is -2.29. The predicted molar refractivity (Wildman–Crippen MR) is 154 cm³/mol. The van der Waals surface area contributed by atoms with E-state index >= 15 is 0 Å². The molecule has 0 saturated carbocycles. The second-order valence-electron chi connectivity index (χ2n) is 9.37. The van der Waals surface area contributed by atoms with Crippen LogP contribution in [-0.2, 0) is 11.2 Å². The molecule has 0 bridgehead atoms. The summed E-state index contributed by atoms with van der Waals surface area (Å²) in [5.74, 6) is 1.18. The van der Waals surface area contributed by atoms with Gasteiger partial charge in [0.05, 0.1) is 18.7 Å². The molecule has 0 radical (unpaired) electrons. The Kier molecular flexibility index (Phi) is 8.38. The minimum atomic E-state index is -0.516. The summed E-state index contributed by atoms with van der Waals surface area (Å²) in [6, 6.07) is 17.1. The normalized spacial score (nSPS) is 13.2. The number of aliphatic hydroxyl groups excluding tert-OH is 1. The fourth-order valence-corrected chi connectivity index (χ4v) is 4.49.